The van der Waals surface area contributed by atoms with Gasteiger partial charge in [-0.25, -0.2) is 4.98 Å². The summed E-state index contributed by atoms with van der Waals surface area (Å²) in [4.78, 5) is 4.20. The van der Waals surface area contributed by atoms with Crippen LogP contribution in [0.15, 0.2) is 30.6 Å². The third kappa shape index (κ3) is 3.48. The average Bonchev–Trinajstić information content (AvgIpc) is 2.77. The number of imidazole rings is 1. The van der Waals surface area contributed by atoms with Crippen LogP contribution in [0, 0.1) is 0 Å². The Morgan fingerprint density at radius 1 is 1.42 bits per heavy atom. The first-order chi connectivity index (χ1) is 9.11. The SMILES string of the molecule is COCn1ccnc1CC(O)c1ccc(Cl)cc1Cl. The molecular weight excluding hydrogens is 287 g/mol. The Morgan fingerprint density at radius 2 is 2.21 bits per heavy atom. The van der Waals surface area contributed by atoms with Gasteiger partial charge in [-0.3, -0.25) is 0 Å². The van der Waals surface area contributed by atoms with E-state index in [1.807, 2.05) is 4.57 Å². The Balaban J connectivity index is 2.16. The van der Waals surface area contributed by atoms with Crippen LogP contribution in [0.2, 0.25) is 10.0 Å². The second kappa shape index (κ2) is 6.39. The number of nitrogens with zero attached hydrogens (tertiary/aromatic N) is 2. The molecule has 0 saturated carbocycles. The van der Waals surface area contributed by atoms with Crippen molar-refractivity contribution in [3.8, 4) is 0 Å². The number of aliphatic hydroxyl groups is 1. The Kier molecular flexibility index (Phi) is 4.82. The molecule has 0 bridgehead atoms. The summed E-state index contributed by atoms with van der Waals surface area (Å²) in [6.07, 6.45) is 3.10. The van der Waals surface area contributed by atoms with Crippen molar-refractivity contribution >= 4 is 23.2 Å². The fraction of sp³-hybridized carbons (Fsp3) is 0.308. The fourth-order valence-electron chi connectivity index (χ4n) is 1.84. The van der Waals surface area contributed by atoms with E-state index in [1.165, 1.54) is 0 Å². The van der Waals surface area contributed by atoms with Crippen molar-refractivity contribution < 1.29 is 9.84 Å². The molecule has 1 aromatic carbocycles. The zero-order valence-corrected chi connectivity index (χ0v) is 11.9. The van der Waals surface area contributed by atoms with Gasteiger partial charge in [0.25, 0.3) is 0 Å². The van der Waals surface area contributed by atoms with Crippen molar-refractivity contribution in [3.63, 3.8) is 0 Å². The van der Waals surface area contributed by atoms with E-state index in [1.54, 1.807) is 37.7 Å². The van der Waals surface area contributed by atoms with Gasteiger partial charge < -0.3 is 14.4 Å². The van der Waals surface area contributed by atoms with Crippen molar-refractivity contribution in [2.75, 3.05) is 7.11 Å². The number of hydrogen-bond acceptors (Lipinski definition) is 3. The molecule has 2 rings (SSSR count). The van der Waals surface area contributed by atoms with Gasteiger partial charge in [0, 0.05) is 36.0 Å². The summed E-state index contributed by atoms with van der Waals surface area (Å²) in [5.74, 6) is 0.736. The predicted octanol–water partition coefficient (Wildman–Crippen LogP) is 3.07. The molecule has 1 aromatic heterocycles. The molecule has 2 aromatic rings. The van der Waals surface area contributed by atoms with Crippen LogP contribution in [0.1, 0.15) is 17.5 Å². The maximum Gasteiger partial charge on any atom is 0.123 e. The minimum absolute atomic E-state index is 0.359. The minimum atomic E-state index is -0.734. The van der Waals surface area contributed by atoms with Crippen LogP contribution in [0.25, 0.3) is 0 Å². The van der Waals surface area contributed by atoms with Crippen LogP contribution < -0.4 is 0 Å². The topological polar surface area (TPSA) is 47.3 Å². The molecule has 4 nitrogen and oxygen atoms in total. The number of halogens is 2. The van der Waals surface area contributed by atoms with Gasteiger partial charge >= 0.3 is 0 Å². The highest BCUT2D eigenvalue weighted by Gasteiger charge is 2.15. The number of benzene rings is 1. The van der Waals surface area contributed by atoms with Crippen LogP contribution >= 0.6 is 23.2 Å². The lowest BCUT2D eigenvalue weighted by Crippen LogP contribution is -2.10. The summed E-state index contributed by atoms with van der Waals surface area (Å²) < 4.78 is 6.88. The molecule has 19 heavy (non-hydrogen) atoms. The van der Waals surface area contributed by atoms with Crippen molar-refractivity contribution in [1.29, 1.82) is 0 Å². The predicted molar refractivity (Wildman–Crippen MR) is 74.4 cm³/mol. The van der Waals surface area contributed by atoms with Crippen LogP contribution in [-0.2, 0) is 17.9 Å². The van der Waals surface area contributed by atoms with Gasteiger partial charge in [-0.05, 0) is 17.7 Å². The van der Waals surface area contributed by atoms with E-state index >= 15 is 0 Å². The molecule has 0 aliphatic carbocycles. The van der Waals surface area contributed by atoms with Gasteiger partial charge in [-0.1, -0.05) is 29.3 Å². The third-order valence-corrected chi connectivity index (χ3v) is 3.33. The number of aliphatic hydroxyl groups excluding tert-OH is 1. The van der Waals surface area contributed by atoms with Crippen molar-refractivity contribution in [2.45, 2.75) is 19.3 Å². The molecule has 6 heteroatoms. The standard InChI is InChI=1S/C13H14Cl2N2O2/c1-19-8-17-5-4-16-13(17)7-12(18)10-3-2-9(14)6-11(10)15/h2-6,12,18H,7-8H2,1H3. The first-order valence-electron chi connectivity index (χ1n) is 5.73. The fourth-order valence-corrected chi connectivity index (χ4v) is 2.38. The van der Waals surface area contributed by atoms with Crippen LogP contribution in [0.3, 0.4) is 0 Å². The lowest BCUT2D eigenvalue weighted by molar-refractivity contribution is 0.123. The molecule has 1 N–H and O–H groups in total. The van der Waals surface area contributed by atoms with Gasteiger partial charge in [-0.15, -0.1) is 0 Å². The summed E-state index contributed by atoms with van der Waals surface area (Å²) in [5, 5.41) is 11.2. The molecule has 1 heterocycles. The number of hydrogen-bond donors (Lipinski definition) is 1. The highest BCUT2D eigenvalue weighted by Crippen LogP contribution is 2.28. The Hall–Kier alpha value is -1.07. The molecule has 1 atom stereocenters. The number of ether oxygens (including phenoxy) is 1. The normalized spacial score (nSPS) is 12.6. The van der Waals surface area contributed by atoms with Gasteiger partial charge in [0.2, 0.25) is 0 Å². The number of aromatic nitrogens is 2. The monoisotopic (exact) mass is 300 g/mol. The maximum atomic E-state index is 10.2. The van der Waals surface area contributed by atoms with Crippen LogP contribution in [0.4, 0.5) is 0 Å². The summed E-state index contributed by atoms with van der Waals surface area (Å²) in [7, 11) is 1.61. The smallest absolute Gasteiger partial charge is 0.123 e. The quantitative estimate of drug-likeness (QED) is 0.923. The number of rotatable bonds is 5. The summed E-state index contributed by atoms with van der Waals surface area (Å²) in [6, 6.07) is 5.04. The van der Waals surface area contributed by atoms with E-state index in [9.17, 15) is 5.11 Å². The van der Waals surface area contributed by atoms with E-state index in [4.69, 9.17) is 27.9 Å². The number of methoxy groups -OCH3 is 1. The molecule has 0 spiro atoms. The van der Waals surface area contributed by atoms with Crippen LogP contribution in [-0.4, -0.2) is 21.8 Å². The van der Waals surface area contributed by atoms with Gasteiger partial charge in [-0.2, -0.15) is 0 Å². The summed E-state index contributed by atoms with van der Waals surface area (Å²) in [5.41, 5.74) is 0.637. The molecule has 102 valence electrons. The Bertz CT molecular complexity index is 557. The zero-order chi connectivity index (χ0) is 13.8. The molecular formula is C13H14Cl2N2O2. The van der Waals surface area contributed by atoms with Crippen molar-refractivity contribution in [2.24, 2.45) is 0 Å². The maximum absolute atomic E-state index is 10.2. The second-order valence-electron chi connectivity index (χ2n) is 4.12. The highest BCUT2D eigenvalue weighted by atomic mass is 35.5. The van der Waals surface area contributed by atoms with Crippen molar-refractivity contribution in [3.05, 3.63) is 52.0 Å². The highest BCUT2D eigenvalue weighted by molar-refractivity contribution is 6.35. The summed E-state index contributed by atoms with van der Waals surface area (Å²) >= 11 is 11.9. The zero-order valence-electron chi connectivity index (χ0n) is 10.4. The molecule has 0 amide bonds. The lowest BCUT2D eigenvalue weighted by atomic mass is 10.1. The largest absolute Gasteiger partial charge is 0.388 e. The molecule has 0 radical (unpaired) electrons. The summed E-state index contributed by atoms with van der Waals surface area (Å²) in [6.45, 7) is 0.399. The first-order valence-corrected chi connectivity index (χ1v) is 6.49. The van der Waals surface area contributed by atoms with Crippen molar-refractivity contribution in [1.82, 2.24) is 9.55 Å². The Labute approximate surface area is 121 Å². The molecule has 0 aliphatic rings. The lowest BCUT2D eigenvalue weighted by Gasteiger charge is -2.13. The third-order valence-electron chi connectivity index (χ3n) is 2.77. The van der Waals surface area contributed by atoms with E-state index in [2.05, 4.69) is 4.98 Å². The van der Waals surface area contributed by atoms with Crippen LogP contribution in [0.5, 0.6) is 0 Å². The van der Waals surface area contributed by atoms with E-state index in [0.717, 1.165) is 5.82 Å². The van der Waals surface area contributed by atoms with E-state index in [-0.39, 0.29) is 0 Å². The van der Waals surface area contributed by atoms with Gasteiger partial charge in [0.05, 0.1) is 6.10 Å². The van der Waals surface area contributed by atoms with E-state index in [0.29, 0.717) is 28.8 Å². The second-order valence-corrected chi connectivity index (χ2v) is 4.96. The Morgan fingerprint density at radius 3 is 2.89 bits per heavy atom. The van der Waals surface area contributed by atoms with Gasteiger partial charge in [0.15, 0.2) is 0 Å². The molecule has 0 fully saturated rings. The molecule has 0 saturated heterocycles. The van der Waals surface area contributed by atoms with E-state index < -0.39 is 6.10 Å². The van der Waals surface area contributed by atoms with Gasteiger partial charge in [0.1, 0.15) is 12.6 Å². The average molecular weight is 301 g/mol. The minimum Gasteiger partial charge on any atom is -0.388 e. The molecule has 1 unspecified atom stereocenters. The molecule has 0 aliphatic heterocycles. The first kappa shape index (κ1) is 14.3.